The van der Waals surface area contributed by atoms with Gasteiger partial charge in [0.2, 0.25) is 0 Å². The van der Waals surface area contributed by atoms with Crippen molar-refractivity contribution < 1.29 is 4.74 Å². The molecule has 4 heterocycles. The Morgan fingerprint density at radius 3 is 2.31 bits per heavy atom. The summed E-state index contributed by atoms with van der Waals surface area (Å²) >= 11 is 0. The van der Waals surface area contributed by atoms with Crippen LogP contribution >= 0.6 is 0 Å². The highest BCUT2D eigenvalue weighted by atomic mass is 16.5. The largest absolute Gasteiger partial charge is 0.457 e. The van der Waals surface area contributed by atoms with Gasteiger partial charge in [-0.05, 0) is 60.9 Å². The number of ether oxygens (including phenoxy) is 1. The van der Waals surface area contributed by atoms with Gasteiger partial charge in [0.05, 0.1) is 11.6 Å². The van der Waals surface area contributed by atoms with Gasteiger partial charge in [-0.25, -0.2) is 15.4 Å². The Morgan fingerprint density at radius 2 is 1.61 bits per heavy atom. The van der Waals surface area contributed by atoms with Crippen LogP contribution in [0.2, 0.25) is 0 Å². The van der Waals surface area contributed by atoms with Gasteiger partial charge >= 0.3 is 0 Å². The van der Waals surface area contributed by atoms with Crippen molar-refractivity contribution >= 4 is 11.6 Å². The van der Waals surface area contributed by atoms with Crippen molar-refractivity contribution in [2.24, 2.45) is 5.41 Å². The Labute approximate surface area is 211 Å². The quantitative estimate of drug-likeness (QED) is 0.508. The molecular formula is C28H33N7O. The van der Waals surface area contributed by atoms with E-state index in [0.29, 0.717) is 17.3 Å². The zero-order valence-electron chi connectivity index (χ0n) is 20.4. The van der Waals surface area contributed by atoms with Crippen LogP contribution in [0, 0.1) is 5.41 Å². The lowest BCUT2D eigenvalue weighted by Crippen LogP contribution is -2.68. The van der Waals surface area contributed by atoms with Crippen LogP contribution in [0.3, 0.4) is 0 Å². The summed E-state index contributed by atoms with van der Waals surface area (Å²) in [7, 11) is 0. The summed E-state index contributed by atoms with van der Waals surface area (Å²) in [4.78, 5) is 11.7. The molecule has 2 saturated heterocycles. The lowest BCUT2D eigenvalue weighted by Gasteiger charge is -2.58. The van der Waals surface area contributed by atoms with Crippen molar-refractivity contribution in [2.75, 3.05) is 36.9 Å². The zero-order valence-corrected chi connectivity index (χ0v) is 20.4. The number of rotatable bonds is 5. The predicted octanol–water partition coefficient (Wildman–Crippen LogP) is 3.48. The molecule has 0 radical (unpaired) electrons. The van der Waals surface area contributed by atoms with Gasteiger partial charge in [0, 0.05) is 38.3 Å². The predicted molar refractivity (Wildman–Crippen MR) is 140 cm³/mol. The van der Waals surface area contributed by atoms with Crippen molar-refractivity contribution in [3.63, 3.8) is 0 Å². The molecule has 1 aromatic heterocycles. The number of nitrogens with one attached hydrogen (secondary N) is 2. The number of anilines is 2. The lowest BCUT2D eigenvalue weighted by molar-refractivity contribution is -0.0691. The summed E-state index contributed by atoms with van der Waals surface area (Å²) in [6, 6.07) is 19.2. The first kappa shape index (κ1) is 22.0. The van der Waals surface area contributed by atoms with Crippen LogP contribution in [0.1, 0.15) is 42.9 Å². The lowest BCUT2D eigenvalue weighted by atomic mass is 9.66. The van der Waals surface area contributed by atoms with Gasteiger partial charge in [-0.1, -0.05) is 30.3 Å². The molecular weight excluding hydrogens is 450 g/mol. The summed E-state index contributed by atoms with van der Waals surface area (Å²) < 4.78 is 5.99. The van der Waals surface area contributed by atoms with Gasteiger partial charge in [0.15, 0.2) is 5.82 Å². The Morgan fingerprint density at radius 1 is 0.889 bits per heavy atom. The molecule has 1 aliphatic carbocycles. The van der Waals surface area contributed by atoms with E-state index in [4.69, 9.17) is 10.5 Å². The number of fused-ring (bicyclic) bond motifs is 1. The highest BCUT2D eigenvalue weighted by Crippen LogP contribution is 2.48. The second-order valence-electron chi connectivity index (χ2n) is 10.9. The Balaban J connectivity index is 1.06. The third-order valence-electron chi connectivity index (χ3n) is 8.61. The number of likely N-dealkylation sites (tertiary alicyclic amines) is 1. The van der Waals surface area contributed by atoms with Crippen molar-refractivity contribution in [1.29, 1.82) is 0 Å². The number of aromatic nitrogens is 2. The number of nitrogens with two attached hydrogens (primary N) is 1. The first-order valence-corrected chi connectivity index (χ1v) is 13.1. The molecule has 1 atom stereocenters. The van der Waals surface area contributed by atoms with Crippen LogP contribution in [0.15, 0.2) is 60.9 Å². The minimum Gasteiger partial charge on any atom is -0.457 e. The van der Waals surface area contributed by atoms with Crippen LogP contribution in [-0.2, 0) is 0 Å². The number of nitrogen functional groups attached to an aromatic ring is 1. The molecule has 8 heteroatoms. The van der Waals surface area contributed by atoms with E-state index in [9.17, 15) is 0 Å². The van der Waals surface area contributed by atoms with Gasteiger partial charge in [0.1, 0.15) is 23.6 Å². The minimum absolute atomic E-state index is 0.0758. The zero-order chi connectivity index (χ0) is 24.1. The van der Waals surface area contributed by atoms with Crippen molar-refractivity contribution in [1.82, 2.24) is 25.6 Å². The molecule has 2 aromatic carbocycles. The van der Waals surface area contributed by atoms with E-state index < -0.39 is 0 Å². The normalized spacial score (nSPS) is 23.8. The van der Waals surface area contributed by atoms with Crippen LogP contribution in [0.5, 0.6) is 11.5 Å². The maximum absolute atomic E-state index is 6.41. The maximum atomic E-state index is 6.41. The summed E-state index contributed by atoms with van der Waals surface area (Å²) in [5.41, 5.74) is 12.8. The molecule has 4 aliphatic rings. The fourth-order valence-electron chi connectivity index (χ4n) is 6.40. The van der Waals surface area contributed by atoms with Gasteiger partial charge in [-0.15, -0.1) is 0 Å². The van der Waals surface area contributed by atoms with Crippen LogP contribution in [0.4, 0.5) is 11.6 Å². The first-order chi connectivity index (χ1) is 17.7. The van der Waals surface area contributed by atoms with Crippen molar-refractivity contribution in [3.8, 4) is 11.5 Å². The molecule has 186 valence electrons. The highest BCUT2D eigenvalue weighted by Gasteiger charge is 2.49. The molecule has 36 heavy (non-hydrogen) atoms. The molecule has 3 aliphatic heterocycles. The first-order valence-electron chi connectivity index (χ1n) is 13.1. The van der Waals surface area contributed by atoms with Crippen LogP contribution in [0.25, 0.3) is 0 Å². The molecule has 4 N–H and O–H groups in total. The Kier molecular flexibility index (Phi) is 5.34. The van der Waals surface area contributed by atoms with E-state index in [2.05, 4.69) is 42.8 Å². The van der Waals surface area contributed by atoms with Gasteiger partial charge < -0.3 is 15.8 Å². The number of hydrazine groups is 1. The molecule has 1 unspecified atom stereocenters. The van der Waals surface area contributed by atoms with Gasteiger partial charge in [-0.3, -0.25) is 9.91 Å². The summed E-state index contributed by atoms with van der Waals surface area (Å²) in [6.45, 7) is 4.86. The van der Waals surface area contributed by atoms with Gasteiger partial charge in [0.25, 0.3) is 0 Å². The van der Waals surface area contributed by atoms with E-state index in [1.54, 1.807) is 6.33 Å². The standard InChI is InChI=1S/C28H33N7O/c29-26-24-25(19-6-8-23(9-7-19)36-22-4-2-1-3-5-22)33-35(27(24)32-18-31-26)20-10-12-28(13-11-20)16-34(17-28)21-14-30-15-21/h1-9,18,20-21,25,30,33H,10-17H2,(H2,29,31,32). The molecule has 7 rings (SSSR count). The van der Waals surface area contributed by atoms with E-state index in [-0.39, 0.29) is 6.04 Å². The van der Waals surface area contributed by atoms with E-state index in [1.807, 2.05) is 42.5 Å². The second-order valence-corrected chi connectivity index (χ2v) is 10.9. The second kappa shape index (κ2) is 8.73. The Hall–Kier alpha value is -3.20. The van der Waals surface area contributed by atoms with E-state index >= 15 is 0 Å². The molecule has 8 nitrogen and oxygen atoms in total. The van der Waals surface area contributed by atoms with Crippen LogP contribution < -0.4 is 26.2 Å². The number of para-hydroxylation sites is 1. The summed E-state index contributed by atoms with van der Waals surface area (Å²) in [6.07, 6.45) is 6.48. The smallest absolute Gasteiger partial charge is 0.153 e. The molecule has 3 aromatic rings. The monoisotopic (exact) mass is 483 g/mol. The maximum Gasteiger partial charge on any atom is 0.153 e. The van der Waals surface area contributed by atoms with E-state index in [1.165, 1.54) is 38.8 Å². The van der Waals surface area contributed by atoms with Crippen molar-refractivity contribution in [2.45, 2.75) is 43.8 Å². The van der Waals surface area contributed by atoms with E-state index in [0.717, 1.165) is 47.6 Å². The molecule has 1 spiro atoms. The third kappa shape index (κ3) is 3.80. The highest BCUT2D eigenvalue weighted by molar-refractivity contribution is 5.64. The number of nitrogens with zero attached hydrogens (tertiary/aromatic N) is 4. The van der Waals surface area contributed by atoms with Gasteiger partial charge in [-0.2, -0.15) is 0 Å². The average Bonchev–Trinajstić information content (AvgIpc) is 3.25. The molecule has 0 amide bonds. The SMILES string of the molecule is Nc1ncnc2c1C(c1ccc(Oc3ccccc3)cc1)NN2C1CCC2(CC1)CN(C1CNC1)C2. The molecule has 1 saturated carbocycles. The van der Waals surface area contributed by atoms with Crippen LogP contribution in [-0.4, -0.2) is 53.1 Å². The average molecular weight is 484 g/mol. The fourth-order valence-corrected chi connectivity index (χ4v) is 6.40. The number of hydrogen-bond acceptors (Lipinski definition) is 8. The van der Waals surface area contributed by atoms with Crippen molar-refractivity contribution in [3.05, 3.63) is 72.1 Å². The fraction of sp³-hybridized carbons (Fsp3) is 0.429. The summed E-state index contributed by atoms with van der Waals surface area (Å²) in [5.74, 6) is 3.10. The topological polar surface area (TPSA) is 91.6 Å². The Bertz CT molecular complexity index is 1210. The molecule has 0 bridgehead atoms. The third-order valence-corrected chi connectivity index (χ3v) is 8.61. The number of benzene rings is 2. The number of hydrogen-bond donors (Lipinski definition) is 3. The minimum atomic E-state index is -0.0758. The molecule has 3 fully saturated rings. The summed E-state index contributed by atoms with van der Waals surface area (Å²) in [5, 5.41) is 5.69.